The van der Waals surface area contributed by atoms with Crippen molar-refractivity contribution in [2.75, 3.05) is 0 Å². The van der Waals surface area contributed by atoms with Crippen molar-refractivity contribution in [3.8, 4) is 0 Å². The minimum atomic E-state index is -0.319. The third-order valence-electron chi connectivity index (χ3n) is 3.22. The Hall–Kier alpha value is -1.25. The molecule has 1 fully saturated rings. The van der Waals surface area contributed by atoms with E-state index in [2.05, 4.69) is 16.0 Å². The zero-order valence-electron chi connectivity index (χ0n) is 10.5. The minimum Gasteiger partial charge on any atom is -0.352 e. The first-order valence-corrected chi connectivity index (χ1v) is 5.80. The third kappa shape index (κ3) is 1.86. The van der Waals surface area contributed by atoms with Gasteiger partial charge >= 0.3 is 0 Å². The molecule has 0 aromatic carbocycles. The van der Waals surface area contributed by atoms with Crippen LogP contribution in [0.4, 0.5) is 0 Å². The van der Waals surface area contributed by atoms with Gasteiger partial charge in [-0.2, -0.15) is 0 Å². The number of aryl methyl sites for hydroxylation is 1. The Morgan fingerprint density at radius 2 is 2.06 bits per heavy atom. The fourth-order valence-electron chi connectivity index (χ4n) is 1.93. The topological polar surface area (TPSA) is 34.0 Å². The van der Waals surface area contributed by atoms with E-state index in [9.17, 15) is 4.79 Å². The molecule has 1 aliphatic carbocycles. The summed E-state index contributed by atoms with van der Waals surface area (Å²) in [5.41, 5.74) is 0.800. The molecule has 88 valence electrons. The van der Waals surface area contributed by atoms with Crippen molar-refractivity contribution in [1.29, 1.82) is 0 Å². The van der Waals surface area contributed by atoms with Crippen LogP contribution in [0.2, 0.25) is 0 Å². The summed E-state index contributed by atoms with van der Waals surface area (Å²) < 4.78 is 2.09. The van der Waals surface area contributed by atoms with Gasteiger partial charge in [0.05, 0.1) is 5.54 Å². The second-order valence-corrected chi connectivity index (χ2v) is 5.79. The number of amides is 1. The fourth-order valence-corrected chi connectivity index (χ4v) is 1.93. The largest absolute Gasteiger partial charge is 0.352 e. The summed E-state index contributed by atoms with van der Waals surface area (Å²) in [5.74, 6) is 0.131. The molecule has 0 saturated heterocycles. The number of carbonyl (C=O) groups is 1. The summed E-state index contributed by atoms with van der Waals surface area (Å²) in [4.78, 5) is 12.0. The molecule has 0 radical (unpaired) electrons. The van der Waals surface area contributed by atoms with E-state index in [-0.39, 0.29) is 16.9 Å². The normalized spacial score (nSPS) is 18.2. The first kappa shape index (κ1) is 11.2. The van der Waals surface area contributed by atoms with Gasteiger partial charge in [0.1, 0.15) is 0 Å². The Balaban J connectivity index is 2.17. The van der Waals surface area contributed by atoms with E-state index in [1.807, 2.05) is 40.1 Å². The van der Waals surface area contributed by atoms with Crippen molar-refractivity contribution in [2.45, 2.75) is 39.2 Å². The molecule has 0 spiro atoms. The van der Waals surface area contributed by atoms with Crippen molar-refractivity contribution in [3.05, 3.63) is 24.0 Å². The molecular formula is C13H20N2O. The van der Waals surface area contributed by atoms with Gasteiger partial charge in [-0.15, -0.1) is 0 Å². The van der Waals surface area contributed by atoms with Crippen LogP contribution >= 0.6 is 0 Å². The number of nitrogens with one attached hydrogen (secondary N) is 1. The van der Waals surface area contributed by atoms with Gasteiger partial charge < -0.3 is 9.88 Å². The van der Waals surface area contributed by atoms with Crippen molar-refractivity contribution in [1.82, 2.24) is 9.88 Å². The number of aromatic nitrogens is 1. The van der Waals surface area contributed by atoms with Crippen LogP contribution in [0, 0.1) is 5.41 Å². The van der Waals surface area contributed by atoms with Gasteiger partial charge in [0, 0.05) is 24.4 Å². The molecule has 2 rings (SSSR count). The molecule has 3 nitrogen and oxygen atoms in total. The van der Waals surface area contributed by atoms with Crippen molar-refractivity contribution in [3.63, 3.8) is 0 Å². The van der Waals surface area contributed by atoms with Crippen LogP contribution in [0.1, 0.15) is 39.3 Å². The zero-order valence-corrected chi connectivity index (χ0v) is 10.5. The lowest BCUT2D eigenvalue weighted by Crippen LogP contribution is -2.42. The molecule has 1 heterocycles. The van der Waals surface area contributed by atoms with Gasteiger partial charge in [-0.05, 0) is 25.0 Å². The average Bonchev–Trinajstić information content (AvgIpc) is 2.79. The molecule has 0 atom stereocenters. The van der Waals surface area contributed by atoms with Crippen LogP contribution in [0.5, 0.6) is 0 Å². The molecule has 1 aromatic heterocycles. The van der Waals surface area contributed by atoms with Crippen LogP contribution in [-0.4, -0.2) is 10.5 Å². The molecule has 0 aliphatic heterocycles. The van der Waals surface area contributed by atoms with Gasteiger partial charge in [0.25, 0.3) is 0 Å². The van der Waals surface area contributed by atoms with Crippen molar-refractivity contribution in [2.24, 2.45) is 12.5 Å². The molecule has 3 heteroatoms. The van der Waals surface area contributed by atoms with E-state index in [1.54, 1.807) is 0 Å². The maximum Gasteiger partial charge on any atom is 0.226 e. The molecule has 1 aliphatic rings. The summed E-state index contributed by atoms with van der Waals surface area (Å²) >= 11 is 0. The lowest BCUT2D eigenvalue weighted by atomic mass is 9.94. The Kier molecular flexibility index (Phi) is 2.37. The predicted octanol–water partition coefficient (Wildman–Crippen LogP) is 2.18. The predicted molar refractivity (Wildman–Crippen MR) is 63.9 cm³/mol. The van der Waals surface area contributed by atoms with E-state index >= 15 is 0 Å². The molecule has 0 bridgehead atoms. The second kappa shape index (κ2) is 3.37. The lowest BCUT2D eigenvalue weighted by molar-refractivity contribution is -0.129. The first-order chi connectivity index (χ1) is 7.35. The Labute approximate surface area is 96.8 Å². The summed E-state index contributed by atoms with van der Waals surface area (Å²) in [7, 11) is 2.03. The molecule has 16 heavy (non-hydrogen) atoms. The molecule has 1 aromatic rings. The van der Waals surface area contributed by atoms with E-state index in [4.69, 9.17) is 0 Å². The summed E-state index contributed by atoms with van der Waals surface area (Å²) in [6.45, 7) is 5.84. The highest BCUT2D eigenvalue weighted by Crippen LogP contribution is 2.45. The monoisotopic (exact) mass is 220 g/mol. The number of carbonyl (C=O) groups excluding carboxylic acids is 1. The molecular weight excluding hydrogens is 200 g/mol. The van der Waals surface area contributed by atoms with Gasteiger partial charge in [-0.3, -0.25) is 4.79 Å². The van der Waals surface area contributed by atoms with Crippen LogP contribution in [0.15, 0.2) is 18.3 Å². The number of rotatable bonds is 2. The van der Waals surface area contributed by atoms with E-state index in [0.29, 0.717) is 0 Å². The zero-order chi connectivity index (χ0) is 12.0. The van der Waals surface area contributed by atoms with Gasteiger partial charge in [0.2, 0.25) is 5.91 Å². The molecule has 1 saturated carbocycles. The standard InChI is InChI=1S/C13H20N2O/c1-12(2,3)11(16)14-13(7-8-13)10-6-5-9-15(10)4/h5-6,9H,7-8H2,1-4H3,(H,14,16). The Morgan fingerprint density at radius 1 is 1.44 bits per heavy atom. The van der Waals surface area contributed by atoms with Gasteiger partial charge in [0.15, 0.2) is 0 Å². The third-order valence-corrected chi connectivity index (χ3v) is 3.22. The highest BCUT2D eigenvalue weighted by Gasteiger charge is 2.48. The van der Waals surface area contributed by atoms with Crippen LogP contribution in [0.25, 0.3) is 0 Å². The Bertz CT molecular complexity index is 408. The van der Waals surface area contributed by atoms with Gasteiger partial charge in [-0.1, -0.05) is 20.8 Å². The highest BCUT2D eigenvalue weighted by molar-refractivity contribution is 5.82. The maximum atomic E-state index is 12.0. The van der Waals surface area contributed by atoms with E-state index < -0.39 is 0 Å². The van der Waals surface area contributed by atoms with Crippen LogP contribution < -0.4 is 5.32 Å². The van der Waals surface area contributed by atoms with E-state index in [0.717, 1.165) is 12.8 Å². The second-order valence-electron chi connectivity index (χ2n) is 5.79. The average molecular weight is 220 g/mol. The van der Waals surface area contributed by atoms with Crippen molar-refractivity contribution < 1.29 is 4.79 Å². The lowest BCUT2D eigenvalue weighted by Gasteiger charge is -2.24. The summed E-state index contributed by atoms with van der Waals surface area (Å²) in [5, 5.41) is 3.19. The van der Waals surface area contributed by atoms with Crippen LogP contribution in [0.3, 0.4) is 0 Å². The molecule has 1 amide bonds. The maximum absolute atomic E-state index is 12.0. The first-order valence-electron chi connectivity index (χ1n) is 5.80. The number of nitrogens with zero attached hydrogens (tertiary/aromatic N) is 1. The van der Waals surface area contributed by atoms with Crippen molar-refractivity contribution >= 4 is 5.91 Å². The SMILES string of the molecule is Cn1cccc1C1(NC(=O)C(C)(C)C)CC1. The quantitative estimate of drug-likeness (QED) is 0.814. The molecule has 1 N–H and O–H groups in total. The summed E-state index contributed by atoms with van der Waals surface area (Å²) in [6.07, 6.45) is 4.12. The number of hydrogen-bond acceptors (Lipinski definition) is 1. The Morgan fingerprint density at radius 3 is 2.44 bits per heavy atom. The number of hydrogen-bond donors (Lipinski definition) is 1. The minimum absolute atomic E-state index is 0.0946. The highest BCUT2D eigenvalue weighted by atomic mass is 16.2. The van der Waals surface area contributed by atoms with Crippen LogP contribution in [-0.2, 0) is 17.4 Å². The fraction of sp³-hybridized carbons (Fsp3) is 0.615. The molecule has 0 unspecified atom stereocenters. The van der Waals surface area contributed by atoms with Gasteiger partial charge in [-0.25, -0.2) is 0 Å². The summed E-state index contributed by atoms with van der Waals surface area (Å²) in [6, 6.07) is 4.12. The van der Waals surface area contributed by atoms with E-state index in [1.165, 1.54) is 5.69 Å². The smallest absolute Gasteiger partial charge is 0.226 e.